The van der Waals surface area contributed by atoms with Crippen LogP contribution in [0, 0.1) is 5.82 Å². The maximum atomic E-state index is 13.6. The molecule has 1 atom stereocenters. The van der Waals surface area contributed by atoms with Crippen molar-refractivity contribution >= 4 is 21.6 Å². The van der Waals surface area contributed by atoms with E-state index in [-0.39, 0.29) is 16.3 Å². The van der Waals surface area contributed by atoms with E-state index in [4.69, 9.17) is 14.2 Å². The molecular weight excluding hydrogens is 475 g/mol. The summed E-state index contributed by atoms with van der Waals surface area (Å²) in [5.74, 6) is 0.170. The van der Waals surface area contributed by atoms with Crippen LogP contribution in [0.25, 0.3) is 0 Å². The summed E-state index contributed by atoms with van der Waals surface area (Å²) in [4.78, 5) is 12.8. The summed E-state index contributed by atoms with van der Waals surface area (Å²) in [6.07, 6.45) is 0. The van der Waals surface area contributed by atoms with Gasteiger partial charge in [-0.3, -0.25) is 9.10 Å². The zero-order valence-corrected chi connectivity index (χ0v) is 20.6. The lowest BCUT2D eigenvalue weighted by Gasteiger charge is -2.25. The third-order valence-corrected chi connectivity index (χ3v) is 7.11. The Kier molecular flexibility index (Phi) is 8.18. The minimum Gasteiger partial charge on any atom is -0.497 e. The second-order valence-corrected chi connectivity index (χ2v) is 9.43. The quantitative estimate of drug-likeness (QED) is 0.452. The molecule has 0 aliphatic rings. The van der Waals surface area contributed by atoms with Crippen LogP contribution in [0.5, 0.6) is 17.2 Å². The van der Waals surface area contributed by atoms with Crippen LogP contribution in [0.15, 0.2) is 71.6 Å². The number of nitrogens with one attached hydrogen (secondary N) is 1. The second-order valence-electron chi connectivity index (χ2n) is 7.57. The van der Waals surface area contributed by atoms with Gasteiger partial charge in [-0.25, -0.2) is 12.8 Å². The molecule has 8 nitrogen and oxygen atoms in total. The Balaban J connectivity index is 1.91. The Labute approximate surface area is 204 Å². The molecule has 10 heteroatoms. The van der Waals surface area contributed by atoms with Crippen molar-refractivity contribution in [3.63, 3.8) is 0 Å². The lowest BCUT2D eigenvalue weighted by atomic mass is 10.1. The largest absolute Gasteiger partial charge is 0.497 e. The van der Waals surface area contributed by atoms with Crippen LogP contribution in [0.4, 0.5) is 10.1 Å². The molecule has 1 N–H and O–H groups in total. The summed E-state index contributed by atoms with van der Waals surface area (Å²) >= 11 is 0. The van der Waals surface area contributed by atoms with Gasteiger partial charge >= 0.3 is 0 Å². The topological polar surface area (TPSA) is 94.2 Å². The Morgan fingerprint density at radius 1 is 0.914 bits per heavy atom. The second kappa shape index (κ2) is 11.1. The van der Waals surface area contributed by atoms with Gasteiger partial charge in [0, 0.05) is 6.07 Å². The van der Waals surface area contributed by atoms with Crippen LogP contribution in [0.1, 0.15) is 18.5 Å². The van der Waals surface area contributed by atoms with Crippen molar-refractivity contribution < 1.29 is 31.8 Å². The third kappa shape index (κ3) is 6.02. The maximum absolute atomic E-state index is 13.6. The number of benzene rings is 3. The number of sulfonamides is 1. The minimum absolute atomic E-state index is 0.115. The predicted octanol–water partition coefficient (Wildman–Crippen LogP) is 3.92. The first-order chi connectivity index (χ1) is 16.7. The Morgan fingerprint density at radius 2 is 1.54 bits per heavy atom. The number of carbonyl (C=O) groups is 1. The van der Waals surface area contributed by atoms with Crippen LogP contribution in [-0.2, 0) is 14.8 Å². The van der Waals surface area contributed by atoms with Gasteiger partial charge in [-0.05, 0) is 61.0 Å². The molecule has 0 aliphatic heterocycles. The number of anilines is 1. The van der Waals surface area contributed by atoms with Gasteiger partial charge in [0.1, 0.15) is 18.1 Å². The molecule has 0 spiro atoms. The van der Waals surface area contributed by atoms with E-state index in [0.29, 0.717) is 11.5 Å². The van der Waals surface area contributed by atoms with E-state index in [9.17, 15) is 17.6 Å². The van der Waals surface area contributed by atoms with Crippen LogP contribution in [0.2, 0.25) is 0 Å². The predicted molar refractivity (Wildman–Crippen MR) is 130 cm³/mol. The molecule has 0 radical (unpaired) electrons. The molecule has 0 aromatic heterocycles. The number of halogens is 1. The number of hydrogen-bond acceptors (Lipinski definition) is 6. The first-order valence-electron chi connectivity index (χ1n) is 10.6. The van der Waals surface area contributed by atoms with E-state index in [0.717, 1.165) is 22.0 Å². The third-order valence-electron chi connectivity index (χ3n) is 5.34. The summed E-state index contributed by atoms with van der Waals surface area (Å²) in [6.45, 7) is 1.26. The molecule has 3 aromatic carbocycles. The average Bonchev–Trinajstić information content (AvgIpc) is 2.87. The molecular formula is C25H27FN2O6S. The highest BCUT2D eigenvalue weighted by Crippen LogP contribution is 2.32. The van der Waals surface area contributed by atoms with Crippen molar-refractivity contribution in [3.05, 3.63) is 78.1 Å². The Morgan fingerprint density at radius 3 is 2.11 bits per heavy atom. The maximum Gasteiger partial charge on any atom is 0.264 e. The van der Waals surface area contributed by atoms with Gasteiger partial charge in [-0.1, -0.05) is 12.1 Å². The zero-order chi connectivity index (χ0) is 25.6. The van der Waals surface area contributed by atoms with Crippen LogP contribution in [0.3, 0.4) is 0 Å². The standard InChI is InChI=1S/C25H27FN2O6S/c1-17(18-5-11-21(32-2)12-6-18)27-25(29)16-28(20-9-7-19(26)8-10-20)35(30,31)22-13-14-23(33-3)24(15-22)34-4/h5-15,17H,16H2,1-4H3,(H,27,29)/t17-/m1/s1. The van der Waals surface area contributed by atoms with Crippen LogP contribution in [-0.4, -0.2) is 42.2 Å². The molecule has 0 bridgehead atoms. The smallest absolute Gasteiger partial charge is 0.264 e. The molecule has 0 fully saturated rings. The molecule has 35 heavy (non-hydrogen) atoms. The van der Waals surface area contributed by atoms with E-state index in [2.05, 4.69) is 5.32 Å². The minimum atomic E-state index is -4.23. The highest BCUT2D eigenvalue weighted by Gasteiger charge is 2.29. The molecule has 0 aliphatic carbocycles. The van der Waals surface area contributed by atoms with Gasteiger partial charge < -0.3 is 19.5 Å². The van der Waals surface area contributed by atoms with E-state index < -0.39 is 34.3 Å². The number of hydrogen-bond donors (Lipinski definition) is 1. The number of ether oxygens (including phenoxy) is 3. The summed E-state index contributed by atoms with van der Waals surface area (Å²) in [5, 5.41) is 2.80. The average molecular weight is 503 g/mol. The van der Waals surface area contributed by atoms with Crippen molar-refractivity contribution in [3.8, 4) is 17.2 Å². The van der Waals surface area contributed by atoms with E-state index >= 15 is 0 Å². The molecule has 0 saturated carbocycles. The Bertz CT molecular complexity index is 1260. The van der Waals surface area contributed by atoms with Gasteiger partial charge in [0.15, 0.2) is 11.5 Å². The zero-order valence-electron chi connectivity index (χ0n) is 19.8. The van der Waals surface area contributed by atoms with E-state index in [1.807, 2.05) is 12.1 Å². The number of rotatable bonds is 10. The molecule has 0 saturated heterocycles. The number of nitrogens with zero attached hydrogens (tertiary/aromatic N) is 1. The fourth-order valence-electron chi connectivity index (χ4n) is 3.42. The molecule has 0 unspecified atom stereocenters. The SMILES string of the molecule is COc1ccc([C@@H](C)NC(=O)CN(c2ccc(F)cc2)S(=O)(=O)c2ccc(OC)c(OC)c2)cc1. The van der Waals surface area contributed by atoms with E-state index in [1.165, 1.54) is 44.6 Å². The number of methoxy groups -OCH3 is 3. The van der Waals surface area contributed by atoms with Gasteiger partial charge in [-0.2, -0.15) is 0 Å². The summed E-state index contributed by atoms with van der Waals surface area (Å²) < 4.78 is 57.2. The van der Waals surface area contributed by atoms with E-state index in [1.54, 1.807) is 26.2 Å². The molecule has 186 valence electrons. The van der Waals surface area contributed by atoms with Crippen molar-refractivity contribution in [2.24, 2.45) is 0 Å². The molecule has 3 aromatic rings. The van der Waals surface area contributed by atoms with Gasteiger partial charge in [-0.15, -0.1) is 0 Å². The van der Waals surface area contributed by atoms with Crippen LogP contribution < -0.4 is 23.8 Å². The van der Waals surface area contributed by atoms with Gasteiger partial charge in [0.25, 0.3) is 10.0 Å². The first-order valence-corrected chi connectivity index (χ1v) is 12.1. The van der Waals surface area contributed by atoms with Crippen LogP contribution >= 0.6 is 0 Å². The highest BCUT2D eigenvalue weighted by molar-refractivity contribution is 7.92. The van der Waals surface area contributed by atoms with Crippen molar-refractivity contribution in [1.82, 2.24) is 5.32 Å². The summed E-state index contributed by atoms with van der Waals surface area (Å²) in [5.41, 5.74) is 0.948. The molecule has 0 heterocycles. The summed E-state index contributed by atoms with van der Waals surface area (Å²) in [6, 6.07) is 15.7. The highest BCUT2D eigenvalue weighted by atomic mass is 32.2. The van der Waals surface area contributed by atoms with Gasteiger partial charge in [0.05, 0.1) is 38.0 Å². The normalized spacial score (nSPS) is 11.9. The lowest BCUT2D eigenvalue weighted by Crippen LogP contribution is -2.41. The Hall–Kier alpha value is -3.79. The fraction of sp³-hybridized carbons (Fsp3) is 0.240. The van der Waals surface area contributed by atoms with Crippen molar-refractivity contribution in [1.29, 1.82) is 0 Å². The fourth-order valence-corrected chi connectivity index (χ4v) is 4.86. The lowest BCUT2D eigenvalue weighted by molar-refractivity contribution is -0.120. The van der Waals surface area contributed by atoms with Crippen molar-refractivity contribution in [2.45, 2.75) is 17.9 Å². The van der Waals surface area contributed by atoms with Gasteiger partial charge in [0.2, 0.25) is 5.91 Å². The van der Waals surface area contributed by atoms with Crippen molar-refractivity contribution in [2.75, 3.05) is 32.2 Å². The molecule has 3 rings (SSSR count). The number of carbonyl (C=O) groups excluding carboxylic acids is 1. The molecule has 1 amide bonds. The number of amides is 1. The first kappa shape index (κ1) is 25.8. The monoisotopic (exact) mass is 502 g/mol. The summed E-state index contributed by atoms with van der Waals surface area (Å²) in [7, 11) is 0.152.